The summed E-state index contributed by atoms with van der Waals surface area (Å²) in [5.41, 5.74) is 1.21. The molecular formula is C21H25N3O2. The van der Waals surface area contributed by atoms with Crippen molar-refractivity contribution in [1.82, 2.24) is 14.5 Å². The Hall–Kier alpha value is -2.43. The van der Waals surface area contributed by atoms with E-state index in [-0.39, 0.29) is 18.0 Å². The molecule has 136 valence electrons. The number of hydrogen-bond donors (Lipinski definition) is 0. The summed E-state index contributed by atoms with van der Waals surface area (Å²) in [5, 5.41) is 0. The van der Waals surface area contributed by atoms with Crippen LogP contribution in [0.25, 0.3) is 11.1 Å². The summed E-state index contributed by atoms with van der Waals surface area (Å²) in [6.45, 7) is 0.899. The van der Waals surface area contributed by atoms with Crippen LogP contribution in [0.5, 0.6) is 0 Å². The number of fused-ring (bicyclic) bond motifs is 1. The molecule has 0 N–H and O–H groups in total. The summed E-state index contributed by atoms with van der Waals surface area (Å²) >= 11 is 0. The zero-order chi connectivity index (χ0) is 17.9. The number of carbonyl (C=O) groups excluding carboxylic acids is 1. The number of carbonyl (C=O) groups is 1. The number of rotatable bonds is 3. The highest BCUT2D eigenvalue weighted by molar-refractivity contribution is 5.76. The van der Waals surface area contributed by atoms with Crippen LogP contribution >= 0.6 is 0 Å². The lowest BCUT2D eigenvalue weighted by atomic mass is 9.78. The first-order chi connectivity index (χ1) is 12.7. The number of likely N-dealkylation sites (tertiary alicyclic amines) is 1. The van der Waals surface area contributed by atoms with E-state index in [0.717, 1.165) is 24.9 Å². The van der Waals surface area contributed by atoms with Crippen molar-refractivity contribution in [2.75, 3.05) is 6.54 Å². The standard InChI is InChI=1S/C21H25N3O2/c25-20(24-12-6-10-17-9-4-5-11-19(17)24)14-23-15-22-13-18(21(23)26)16-7-2-1-3-8-16/h1-3,7-8,13,15,17,19H,4-6,9-12,14H2. The molecule has 2 fully saturated rings. The lowest BCUT2D eigenvalue weighted by Gasteiger charge is -2.44. The minimum absolute atomic E-state index is 0.0516. The number of nitrogens with zero attached hydrogens (tertiary/aromatic N) is 3. The van der Waals surface area contributed by atoms with Gasteiger partial charge in [0.25, 0.3) is 5.56 Å². The van der Waals surface area contributed by atoms with Crippen LogP contribution in [0.2, 0.25) is 0 Å². The molecule has 2 heterocycles. The zero-order valence-electron chi connectivity index (χ0n) is 15.0. The van der Waals surface area contributed by atoms with Crippen molar-refractivity contribution in [2.24, 2.45) is 5.92 Å². The van der Waals surface area contributed by atoms with Gasteiger partial charge in [-0.2, -0.15) is 0 Å². The van der Waals surface area contributed by atoms with Gasteiger partial charge in [-0.25, -0.2) is 4.98 Å². The van der Waals surface area contributed by atoms with Gasteiger partial charge in [0.2, 0.25) is 5.91 Å². The highest BCUT2D eigenvalue weighted by Crippen LogP contribution is 2.35. The van der Waals surface area contributed by atoms with E-state index in [1.807, 2.05) is 35.2 Å². The third-order valence-electron chi connectivity index (χ3n) is 5.85. The van der Waals surface area contributed by atoms with Crippen molar-refractivity contribution in [2.45, 2.75) is 51.1 Å². The molecule has 1 saturated carbocycles. The Bertz CT molecular complexity index is 829. The Balaban J connectivity index is 1.55. The van der Waals surface area contributed by atoms with E-state index in [1.165, 1.54) is 36.6 Å². The van der Waals surface area contributed by atoms with Crippen LogP contribution in [0.3, 0.4) is 0 Å². The first-order valence-electron chi connectivity index (χ1n) is 9.63. The van der Waals surface area contributed by atoms with E-state index >= 15 is 0 Å². The third-order valence-corrected chi connectivity index (χ3v) is 5.85. The van der Waals surface area contributed by atoms with Crippen molar-refractivity contribution in [1.29, 1.82) is 0 Å². The van der Waals surface area contributed by atoms with E-state index in [9.17, 15) is 9.59 Å². The van der Waals surface area contributed by atoms with Gasteiger partial charge < -0.3 is 4.90 Å². The van der Waals surface area contributed by atoms with Crippen molar-refractivity contribution in [3.05, 3.63) is 53.2 Å². The van der Waals surface area contributed by atoms with Gasteiger partial charge in [0, 0.05) is 18.8 Å². The van der Waals surface area contributed by atoms with E-state index < -0.39 is 0 Å². The molecule has 1 aromatic carbocycles. The SMILES string of the molecule is O=C(Cn1cncc(-c2ccccc2)c1=O)N1CCCC2CCCCC21. The predicted octanol–water partition coefficient (Wildman–Crippen LogP) is 3.09. The van der Waals surface area contributed by atoms with Crippen LogP contribution in [0.1, 0.15) is 38.5 Å². The maximum atomic E-state index is 13.0. The predicted molar refractivity (Wildman–Crippen MR) is 101 cm³/mol. The highest BCUT2D eigenvalue weighted by Gasteiger charge is 2.35. The lowest BCUT2D eigenvalue weighted by molar-refractivity contribution is -0.138. The fourth-order valence-corrected chi connectivity index (χ4v) is 4.55. The van der Waals surface area contributed by atoms with Gasteiger partial charge in [0.15, 0.2) is 0 Å². The molecule has 5 heteroatoms. The molecule has 2 aromatic rings. The summed E-state index contributed by atoms with van der Waals surface area (Å²) in [7, 11) is 0. The van der Waals surface area contributed by atoms with Crippen LogP contribution in [-0.2, 0) is 11.3 Å². The van der Waals surface area contributed by atoms with Crippen molar-refractivity contribution < 1.29 is 4.79 Å². The lowest BCUT2D eigenvalue weighted by Crippen LogP contribution is -2.51. The van der Waals surface area contributed by atoms with E-state index in [2.05, 4.69) is 4.98 Å². The third kappa shape index (κ3) is 3.30. The molecule has 2 unspecified atom stereocenters. The van der Waals surface area contributed by atoms with Crippen LogP contribution in [0.15, 0.2) is 47.7 Å². The minimum atomic E-state index is -0.156. The summed E-state index contributed by atoms with van der Waals surface area (Å²) in [4.78, 5) is 32.0. The van der Waals surface area contributed by atoms with Gasteiger partial charge in [-0.15, -0.1) is 0 Å². The maximum Gasteiger partial charge on any atom is 0.261 e. The monoisotopic (exact) mass is 351 g/mol. The average molecular weight is 351 g/mol. The van der Waals surface area contributed by atoms with Crippen LogP contribution in [0, 0.1) is 5.92 Å². The molecule has 2 atom stereocenters. The van der Waals surface area contributed by atoms with Crippen molar-refractivity contribution in [3.8, 4) is 11.1 Å². The molecule has 4 rings (SSSR count). The second-order valence-corrected chi connectivity index (χ2v) is 7.45. The van der Waals surface area contributed by atoms with Crippen LogP contribution < -0.4 is 5.56 Å². The Morgan fingerprint density at radius 3 is 2.69 bits per heavy atom. The van der Waals surface area contributed by atoms with Gasteiger partial charge in [0.05, 0.1) is 11.9 Å². The molecule has 2 aliphatic rings. The quantitative estimate of drug-likeness (QED) is 0.854. The molecular weight excluding hydrogens is 326 g/mol. The Labute approximate surface area is 153 Å². The summed E-state index contributed by atoms with van der Waals surface area (Å²) in [6, 6.07) is 9.86. The topological polar surface area (TPSA) is 55.2 Å². The summed E-state index contributed by atoms with van der Waals surface area (Å²) in [6.07, 6.45) is 10.2. The first-order valence-corrected chi connectivity index (χ1v) is 9.63. The number of amides is 1. The highest BCUT2D eigenvalue weighted by atomic mass is 16.2. The molecule has 5 nitrogen and oxygen atoms in total. The molecule has 1 aromatic heterocycles. The Morgan fingerprint density at radius 1 is 1.08 bits per heavy atom. The fourth-order valence-electron chi connectivity index (χ4n) is 4.55. The molecule has 1 aliphatic carbocycles. The van der Waals surface area contributed by atoms with Crippen LogP contribution in [-0.4, -0.2) is 32.9 Å². The molecule has 1 saturated heterocycles. The van der Waals surface area contributed by atoms with E-state index in [0.29, 0.717) is 17.5 Å². The van der Waals surface area contributed by atoms with Gasteiger partial charge in [-0.3, -0.25) is 14.2 Å². The number of benzene rings is 1. The fraction of sp³-hybridized carbons (Fsp3) is 0.476. The van der Waals surface area contributed by atoms with Crippen LogP contribution in [0.4, 0.5) is 0 Å². The second kappa shape index (κ2) is 7.44. The van der Waals surface area contributed by atoms with Crippen molar-refractivity contribution in [3.63, 3.8) is 0 Å². The molecule has 26 heavy (non-hydrogen) atoms. The maximum absolute atomic E-state index is 13.0. The molecule has 1 aliphatic heterocycles. The Kier molecular flexibility index (Phi) is 4.87. The van der Waals surface area contributed by atoms with Gasteiger partial charge in [0.1, 0.15) is 6.54 Å². The number of aromatic nitrogens is 2. The second-order valence-electron chi connectivity index (χ2n) is 7.45. The normalized spacial score (nSPS) is 22.7. The number of hydrogen-bond acceptors (Lipinski definition) is 3. The Morgan fingerprint density at radius 2 is 1.85 bits per heavy atom. The first kappa shape index (κ1) is 17.0. The number of piperidine rings is 1. The summed E-state index contributed by atoms with van der Waals surface area (Å²) < 4.78 is 1.46. The largest absolute Gasteiger partial charge is 0.338 e. The molecule has 0 radical (unpaired) electrons. The molecule has 0 spiro atoms. The molecule has 1 amide bonds. The van der Waals surface area contributed by atoms with Crippen molar-refractivity contribution >= 4 is 5.91 Å². The van der Waals surface area contributed by atoms with Gasteiger partial charge >= 0.3 is 0 Å². The minimum Gasteiger partial charge on any atom is -0.338 e. The van der Waals surface area contributed by atoms with Gasteiger partial charge in [-0.05, 0) is 37.2 Å². The smallest absolute Gasteiger partial charge is 0.261 e. The summed E-state index contributed by atoms with van der Waals surface area (Å²) in [5.74, 6) is 0.697. The average Bonchev–Trinajstić information content (AvgIpc) is 2.70. The van der Waals surface area contributed by atoms with Gasteiger partial charge in [-0.1, -0.05) is 43.2 Å². The van der Waals surface area contributed by atoms with E-state index in [4.69, 9.17) is 0 Å². The zero-order valence-corrected chi connectivity index (χ0v) is 15.0. The molecule has 0 bridgehead atoms. The van der Waals surface area contributed by atoms with E-state index in [1.54, 1.807) is 6.20 Å².